The zero-order chi connectivity index (χ0) is 57.1. The molecule has 3 fully saturated rings. The summed E-state index contributed by atoms with van der Waals surface area (Å²) < 4.78 is 35.4. The second kappa shape index (κ2) is 31.5. The van der Waals surface area contributed by atoms with E-state index in [-0.39, 0.29) is 55.8 Å². The van der Waals surface area contributed by atoms with Crippen molar-refractivity contribution in [3.63, 3.8) is 0 Å². The first-order valence-electron chi connectivity index (χ1n) is 27.0. The number of fused-ring (bicyclic) bond motifs is 3. The molecule has 15 atom stereocenters. The van der Waals surface area contributed by atoms with Gasteiger partial charge in [-0.2, -0.15) is 0 Å². The lowest BCUT2D eigenvalue weighted by atomic mass is 9.78. The van der Waals surface area contributed by atoms with E-state index < -0.39 is 120 Å². The monoisotopic (exact) mass is 1120 g/mol. The van der Waals surface area contributed by atoms with Crippen molar-refractivity contribution in [1.82, 2.24) is 15.5 Å². The zero-order valence-corrected chi connectivity index (χ0v) is 48.3. The first kappa shape index (κ1) is 65.3. The Bertz CT molecular complexity index is 2190. The number of amides is 3. The van der Waals surface area contributed by atoms with E-state index in [0.29, 0.717) is 74.2 Å². The molecule has 3 amide bonds. The maximum absolute atomic E-state index is 14.6. The van der Waals surface area contributed by atoms with E-state index in [0.717, 1.165) is 10.5 Å². The summed E-state index contributed by atoms with van der Waals surface area (Å²) in [5.41, 5.74) is 1.20. The van der Waals surface area contributed by atoms with Crippen molar-refractivity contribution in [3.8, 4) is 0 Å². The zero-order valence-electron chi connectivity index (χ0n) is 46.6. The van der Waals surface area contributed by atoms with Crippen LogP contribution in [0.15, 0.2) is 47.6 Å². The van der Waals surface area contributed by atoms with Crippen molar-refractivity contribution in [3.05, 3.63) is 47.6 Å². The molecule has 0 radical (unpaired) electrons. The number of nitrogens with one attached hydrogen (secondary N) is 2. The molecule has 19 nitrogen and oxygen atoms in total. The van der Waals surface area contributed by atoms with E-state index in [9.17, 15) is 48.6 Å². The standard InChI is InChI=1S/C56H85N3O16S2/c1-32-16-12-11-13-17-33(2)44(70-8)28-40-21-19-38(7)56(69,75-40)52(65)53(66)59-23-15-14-18-41(59)54(67)74-45(29-42(60)34(3)25-37(6)50(64)51(72-10)49(63)36(5)24-32)35(4)26-39-20-22-43(46(27-39)71-9)73-48(62)31-57-47(61)30-58-55(68)77-76/h11-13,16-17,25,32,34-36,38-41,43-46,50-51,64,69,76H,14-15,18-24,26-31H2,1-10H3,(H,57,61)(H,58,68)/b13-11+,16-12+,33-17+,37-25+/t32-,34-,35-,36-,38-,39+,40+,41+,43-,44+,45+,46-,50-,51+,56-/m1/s1. The highest BCUT2D eigenvalue weighted by Crippen LogP contribution is 2.38. The smallest absolute Gasteiger partial charge is 0.329 e. The lowest BCUT2D eigenvalue weighted by molar-refractivity contribution is -0.265. The molecule has 3 aliphatic heterocycles. The number of allylic oxidation sites excluding steroid dienone is 6. The number of hydrogen-bond donors (Lipinski definition) is 5. The number of aliphatic hydroxyl groups is 2. The van der Waals surface area contributed by atoms with Crippen LogP contribution in [0, 0.1) is 35.5 Å². The molecule has 21 heteroatoms. The van der Waals surface area contributed by atoms with Crippen LogP contribution < -0.4 is 10.6 Å². The molecule has 3 heterocycles. The number of ketones is 3. The van der Waals surface area contributed by atoms with Crippen molar-refractivity contribution in [1.29, 1.82) is 0 Å². The summed E-state index contributed by atoms with van der Waals surface area (Å²) in [5, 5.41) is 27.8. The van der Waals surface area contributed by atoms with Crippen LogP contribution in [0.1, 0.15) is 126 Å². The number of thiol groups is 1. The molecule has 2 bridgehead atoms. The van der Waals surface area contributed by atoms with Gasteiger partial charge in [-0.1, -0.05) is 71.1 Å². The average Bonchev–Trinajstić information content (AvgIpc) is 3.41. The molecule has 4 aliphatic rings. The van der Waals surface area contributed by atoms with Gasteiger partial charge in [-0.25, -0.2) is 4.79 Å². The Morgan fingerprint density at radius 2 is 1.60 bits per heavy atom. The van der Waals surface area contributed by atoms with Crippen LogP contribution in [0.25, 0.3) is 0 Å². The van der Waals surface area contributed by atoms with Crippen LogP contribution in [-0.2, 0) is 62.0 Å². The molecule has 0 unspecified atom stereocenters. The van der Waals surface area contributed by atoms with Crippen LogP contribution in [0.3, 0.4) is 0 Å². The van der Waals surface area contributed by atoms with Crippen molar-refractivity contribution in [2.45, 2.75) is 180 Å². The Balaban J connectivity index is 1.64. The van der Waals surface area contributed by atoms with E-state index in [1.165, 1.54) is 14.2 Å². The van der Waals surface area contributed by atoms with Crippen LogP contribution >= 0.6 is 22.5 Å². The lowest BCUT2D eigenvalue weighted by Gasteiger charge is -2.42. The minimum Gasteiger partial charge on any atom is -0.460 e. The number of ether oxygens (including phenoxy) is 6. The van der Waals surface area contributed by atoms with Gasteiger partial charge in [-0.15, -0.1) is 11.7 Å². The maximum Gasteiger partial charge on any atom is 0.329 e. The number of hydrogen-bond acceptors (Lipinski definition) is 18. The van der Waals surface area contributed by atoms with E-state index >= 15 is 0 Å². The fraction of sp³-hybridized carbons (Fsp3) is 0.714. The number of piperidine rings is 1. The number of esters is 2. The minimum absolute atomic E-state index is 0.0142. The molecular weight excluding hydrogens is 1030 g/mol. The van der Waals surface area contributed by atoms with E-state index in [1.54, 1.807) is 40.9 Å². The summed E-state index contributed by atoms with van der Waals surface area (Å²) in [6.07, 6.45) is 9.59. The average molecular weight is 1120 g/mol. The summed E-state index contributed by atoms with van der Waals surface area (Å²) in [5.74, 6) is -10.0. The first-order valence-corrected chi connectivity index (χ1v) is 28.9. The number of methoxy groups -OCH3 is 3. The number of carbonyl (C=O) groups is 8. The highest BCUT2D eigenvalue weighted by atomic mass is 33.1. The quantitative estimate of drug-likeness (QED) is 0.0512. The van der Waals surface area contributed by atoms with Gasteiger partial charge in [-0.3, -0.25) is 33.6 Å². The number of carbonyl (C=O) groups excluding carboxylic acids is 8. The molecule has 4 N–H and O–H groups in total. The molecule has 4 rings (SSSR count). The van der Waals surface area contributed by atoms with Gasteiger partial charge in [0.05, 0.1) is 24.9 Å². The van der Waals surface area contributed by atoms with Crippen LogP contribution in [-0.4, -0.2) is 157 Å². The van der Waals surface area contributed by atoms with Crippen LogP contribution in [0.2, 0.25) is 0 Å². The highest BCUT2D eigenvalue weighted by Gasteiger charge is 2.53. The van der Waals surface area contributed by atoms with E-state index in [1.807, 2.05) is 51.2 Å². The number of cyclic esters (lactones) is 1. The number of rotatable bonds is 11. The molecule has 432 valence electrons. The summed E-state index contributed by atoms with van der Waals surface area (Å²) in [6.45, 7) is 11.7. The number of aliphatic hydroxyl groups excluding tert-OH is 1. The fourth-order valence-electron chi connectivity index (χ4n) is 10.9. The number of Topliss-reactive ketones (excluding diaryl/α,β-unsaturated/α-hetero) is 3. The molecule has 0 aromatic heterocycles. The van der Waals surface area contributed by atoms with Crippen LogP contribution in [0.5, 0.6) is 0 Å². The predicted molar refractivity (Wildman–Crippen MR) is 292 cm³/mol. The Kier molecular flexibility index (Phi) is 26.7. The fourth-order valence-corrected chi connectivity index (χ4v) is 11.2. The topological polar surface area (TPSA) is 260 Å². The van der Waals surface area contributed by atoms with Gasteiger partial charge in [0.2, 0.25) is 11.7 Å². The summed E-state index contributed by atoms with van der Waals surface area (Å²) >= 11 is 3.77. The van der Waals surface area contributed by atoms with Gasteiger partial charge in [0.25, 0.3) is 16.9 Å². The third-order valence-corrected chi connectivity index (χ3v) is 16.4. The molecule has 77 heavy (non-hydrogen) atoms. The summed E-state index contributed by atoms with van der Waals surface area (Å²) in [7, 11) is 5.02. The van der Waals surface area contributed by atoms with Gasteiger partial charge in [0, 0.05) is 69.3 Å². The van der Waals surface area contributed by atoms with Crippen LogP contribution in [0.4, 0.5) is 4.79 Å². The van der Waals surface area contributed by atoms with Gasteiger partial charge >= 0.3 is 11.9 Å². The molecular formula is C56H85N3O16S2. The predicted octanol–water partition coefficient (Wildman–Crippen LogP) is 6.14. The maximum atomic E-state index is 14.6. The highest BCUT2D eigenvalue weighted by molar-refractivity contribution is 8.74. The lowest BCUT2D eigenvalue weighted by Crippen LogP contribution is -2.61. The van der Waals surface area contributed by atoms with E-state index in [4.69, 9.17) is 28.4 Å². The Morgan fingerprint density at radius 1 is 0.870 bits per heavy atom. The molecule has 0 aromatic carbocycles. The van der Waals surface area contributed by atoms with Crippen molar-refractivity contribution >= 4 is 68.8 Å². The molecule has 0 aromatic rings. The van der Waals surface area contributed by atoms with Crippen molar-refractivity contribution in [2.75, 3.05) is 41.0 Å². The third-order valence-electron chi connectivity index (χ3n) is 15.6. The summed E-state index contributed by atoms with van der Waals surface area (Å²) in [6, 6.07) is -1.21. The van der Waals surface area contributed by atoms with Gasteiger partial charge in [-0.05, 0) is 107 Å². The number of nitrogens with zero attached hydrogens (tertiary/aromatic N) is 1. The van der Waals surface area contributed by atoms with Gasteiger partial charge in [0.15, 0.2) is 5.78 Å². The second-order valence-electron chi connectivity index (χ2n) is 21.6. The Labute approximate surface area is 463 Å². The second-order valence-corrected chi connectivity index (χ2v) is 22.7. The van der Waals surface area contributed by atoms with Gasteiger partial charge < -0.3 is 54.2 Å². The third kappa shape index (κ3) is 19.0. The first-order chi connectivity index (χ1) is 36.5. The molecule has 0 spiro atoms. The van der Waals surface area contributed by atoms with Crippen molar-refractivity contribution in [2.24, 2.45) is 35.5 Å². The Morgan fingerprint density at radius 3 is 2.27 bits per heavy atom. The molecule has 1 aliphatic carbocycles. The SMILES string of the molecule is CO[C@H]1C[C@@H]2CC[C@@H](C)[C@@](O)(O2)C(=O)C(=O)N2CCCC[C@H]2C(=O)O[C@H]([C@H](C)C[C@@H]2CC[C@@H](OC(=O)CNC(=O)CNC(=O)SS)[C@H](OC)C2)CC(=O)[C@H](C)/C=C(\C)[C@@H](O)[C@@H](OC)C(=O)[C@H](C)C[C@H](C)/C=C/C=C/C=C/1C. The normalized spacial score (nSPS) is 35.7. The molecule has 2 saturated heterocycles. The minimum atomic E-state index is -2.48. The van der Waals surface area contributed by atoms with E-state index in [2.05, 4.69) is 22.3 Å². The van der Waals surface area contributed by atoms with Crippen molar-refractivity contribution < 1.29 is 77.0 Å². The Hall–Kier alpha value is -4.22. The molecule has 1 saturated carbocycles. The largest absolute Gasteiger partial charge is 0.460 e. The summed E-state index contributed by atoms with van der Waals surface area (Å²) in [4.78, 5) is 109. The van der Waals surface area contributed by atoms with Gasteiger partial charge in [0.1, 0.15) is 42.8 Å².